The first-order chi connectivity index (χ1) is 16.0. The highest BCUT2D eigenvalue weighted by atomic mass is 32.2. The molecule has 2 aromatic heterocycles. The molecule has 1 atom stereocenters. The van der Waals surface area contributed by atoms with Crippen LogP contribution in [0, 0.1) is 0 Å². The summed E-state index contributed by atoms with van der Waals surface area (Å²) in [5.41, 5.74) is 1.94. The van der Waals surface area contributed by atoms with Crippen molar-refractivity contribution in [2.75, 3.05) is 4.72 Å². The van der Waals surface area contributed by atoms with E-state index >= 15 is 0 Å². The summed E-state index contributed by atoms with van der Waals surface area (Å²) >= 11 is 2.98. The molecule has 0 spiro atoms. The SMILES string of the molecule is O=C(c1cccs1)N1N=C(c2cccc(NS(=O)(=O)c3ccccc3)c2)CC1c1cccs1. The number of hydrazone groups is 1. The van der Waals surface area contributed by atoms with Gasteiger partial charge in [0.1, 0.15) is 0 Å². The topological polar surface area (TPSA) is 78.8 Å². The maximum atomic E-state index is 13.1. The van der Waals surface area contributed by atoms with E-state index < -0.39 is 10.0 Å². The number of rotatable bonds is 6. The molecule has 3 heterocycles. The molecule has 2 aromatic carbocycles. The van der Waals surface area contributed by atoms with Gasteiger partial charge in [-0.2, -0.15) is 5.10 Å². The van der Waals surface area contributed by atoms with E-state index in [1.165, 1.54) is 11.3 Å². The van der Waals surface area contributed by atoms with Gasteiger partial charge in [0.05, 0.1) is 21.5 Å². The Kier molecular flexibility index (Phi) is 5.84. The zero-order valence-corrected chi connectivity index (χ0v) is 19.7. The van der Waals surface area contributed by atoms with E-state index in [9.17, 15) is 13.2 Å². The number of carbonyl (C=O) groups excluding carboxylic acids is 1. The van der Waals surface area contributed by atoms with Gasteiger partial charge in [-0.3, -0.25) is 9.52 Å². The van der Waals surface area contributed by atoms with Crippen LogP contribution in [0.5, 0.6) is 0 Å². The van der Waals surface area contributed by atoms with Crippen molar-refractivity contribution in [2.24, 2.45) is 5.10 Å². The van der Waals surface area contributed by atoms with Gasteiger partial charge >= 0.3 is 0 Å². The third-order valence-electron chi connectivity index (χ3n) is 5.22. The van der Waals surface area contributed by atoms with Crippen LogP contribution in [0.15, 0.2) is 99.6 Å². The lowest BCUT2D eigenvalue weighted by molar-refractivity contribution is 0.0719. The highest BCUT2D eigenvalue weighted by Crippen LogP contribution is 2.37. The van der Waals surface area contributed by atoms with Gasteiger partial charge < -0.3 is 0 Å². The van der Waals surface area contributed by atoms with E-state index in [1.54, 1.807) is 70.9 Å². The number of sulfonamides is 1. The van der Waals surface area contributed by atoms with Crippen molar-refractivity contribution < 1.29 is 13.2 Å². The monoisotopic (exact) mass is 493 g/mol. The van der Waals surface area contributed by atoms with E-state index in [1.807, 2.05) is 35.0 Å². The maximum Gasteiger partial charge on any atom is 0.284 e. The second-order valence-electron chi connectivity index (χ2n) is 7.41. The Morgan fingerprint density at radius 1 is 0.939 bits per heavy atom. The fourth-order valence-corrected chi connectivity index (χ4v) is 6.20. The van der Waals surface area contributed by atoms with Crippen LogP contribution in [0.25, 0.3) is 0 Å². The molecule has 0 fully saturated rings. The van der Waals surface area contributed by atoms with Crippen molar-refractivity contribution in [3.63, 3.8) is 0 Å². The molecule has 0 aliphatic carbocycles. The highest BCUT2D eigenvalue weighted by molar-refractivity contribution is 7.92. The molecule has 4 aromatic rings. The van der Waals surface area contributed by atoms with Crippen LogP contribution in [0.4, 0.5) is 5.69 Å². The van der Waals surface area contributed by atoms with E-state index in [0.717, 1.165) is 16.2 Å². The third-order valence-corrected chi connectivity index (χ3v) is 8.45. The van der Waals surface area contributed by atoms with Gasteiger partial charge in [-0.25, -0.2) is 13.4 Å². The van der Waals surface area contributed by atoms with Gasteiger partial charge in [0.15, 0.2) is 0 Å². The Labute approximate surface area is 199 Å². The zero-order chi connectivity index (χ0) is 22.8. The van der Waals surface area contributed by atoms with Crippen molar-refractivity contribution >= 4 is 50.0 Å². The molecule has 166 valence electrons. The Morgan fingerprint density at radius 3 is 2.45 bits per heavy atom. The lowest BCUT2D eigenvalue weighted by atomic mass is 10.0. The summed E-state index contributed by atoms with van der Waals surface area (Å²) < 4.78 is 28.1. The molecule has 0 saturated heterocycles. The fourth-order valence-electron chi connectivity index (χ4n) is 3.66. The summed E-state index contributed by atoms with van der Waals surface area (Å²) in [6, 6.07) is 22.8. The van der Waals surface area contributed by atoms with Crippen LogP contribution in [0.1, 0.15) is 32.6 Å². The highest BCUT2D eigenvalue weighted by Gasteiger charge is 2.34. The van der Waals surface area contributed by atoms with Crippen molar-refractivity contribution in [1.29, 1.82) is 0 Å². The van der Waals surface area contributed by atoms with Gasteiger partial charge in [-0.05, 0) is 52.7 Å². The van der Waals surface area contributed by atoms with Crippen LogP contribution in [-0.2, 0) is 10.0 Å². The predicted octanol–water partition coefficient (Wildman–Crippen LogP) is 5.60. The minimum Gasteiger partial charge on any atom is -0.280 e. The van der Waals surface area contributed by atoms with E-state index in [0.29, 0.717) is 17.0 Å². The number of carbonyl (C=O) groups is 1. The number of hydrogen-bond donors (Lipinski definition) is 1. The molecule has 1 N–H and O–H groups in total. The average Bonchev–Trinajstić information content (AvgIpc) is 3.61. The number of amides is 1. The minimum atomic E-state index is -3.71. The van der Waals surface area contributed by atoms with Crippen molar-refractivity contribution in [3.8, 4) is 0 Å². The number of nitrogens with one attached hydrogen (secondary N) is 1. The molecule has 1 aliphatic rings. The van der Waals surface area contributed by atoms with Gasteiger partial charge in [0.25, 0.3) is 15.9 Å². The second-order valence-corrected chi connectivity index (χ2v) is 11.0. The van der Waals surface area contributed by atoms with Gasteiger partial charge in [-0.15, -0.1) is 22.7 Å². The molecule has 1 amide bonds. The van der Waals surface area contributed by atoms with E-state index in [2.05, 4.69) is 9.82 Å². The van der Waals surface area contributed by atoms with Crippen molar-refractivity contribution in [1.82, 2.24) is 5.01 Å². The summed E-state index contributed by atoms with van der Waals surface area (Å²) in [7, 11) is -3.71. The van der Waals surface area contributed by atoms with Gasteiger partial charge in [0.2, 0.25) is 0 Å². The Bertz CT molecular complexity index is 1400. The summed E-state index contributed by atoms with van der Waals surface area (Å²) in [5, 5.41) is 10.1. The number of nitrogens with zero attached hydrogens (tertiary/aromatic N) is 2. The Morgan fingerprint density at radius 2 is 1.73 bits per heavy atom. The Balaban J connectivity index is 1.45. The molecular formula is C24H19N3O3S3. The van der Waals surface area contributed by atoms with Gasteiger partial charge in [-0.1, -0.05) is 42.5 Å². The molecule has 0 radical (unpaired) electrons. The summed E-state index contributed by atoms with van der Waals surface area (Å²) in [5.74, 6) is -0.140. The lowest BCUT2D eigenvalue weighted by Gasteiger charge is -2.19. The van der Waals surface area contributed by atoms with Gasteiger partial charge in [0, 0.05) is 17.0 Å². The first kappa shape index (κ1) is 21.6. The standard InChI is InChI=1S/C24H19N3O3S3/c28-24(23-12-6-14-32-23)27-21(22-11-5-13-31-22)16-20(25-27)17-7-4-8-18(15-17)26-33(29,30)19-9-2-1-3-10-19/h1-15,21,26H,16H2. The summed E-state index contributed by atoms with van der Waals surface area (Å²) in [6.07, 6.45) is 0.548. The number of hydrogen-bond acceptors (Lipinski definition) is 6. The number of anilines is 1. The molecule has 1 unspecified atom stereocenters. The third kappa shape index (κ3) is 4.47. The molecule has 9 heteroatoms. The van der Waals surface area contributed by atoms with Crippen LogP contribution in [-0.4, -0.2) is 25.0 Å². The van der Waals surface area contributed by atoms with Crippen LogP contribution >= 0.6 is 22.7 Å². The minimum absolute atomic E-state index is 0.140. The summed E-state index contributed by atoms with van der Waals surface area (Å²) in [4.78, 5) is 15.0. The molecule has 0 bridgehead atoms. The first-order valence-electron chi connectivity index (χ1n) is 10.2. The predicted molar refractivity (Wildman–Crippen MR) is 132 cm³/mol. The van der Waals surface area contributed by atoms with Crippen molar-refractivity contribution in [3.05, 3.63) is 105 Å². The van der Waals surface area contributed by atoms with Crippen molar-refractivity contribution in [2.45, 2.75) is 17.4 Å². The molecule has 5 rings (SSSR count). The molecule has 6 nitrogen and oxygen atoms in total. The van der Waals surface area contributed by atoms with Crippen LogP contribution in [0.3, 0.4) is 0 Å². The molecule has 1 aliphatic heterocycles. The van der Waals surface area contributed by atoms with E-state index in [4.69, 9.17) is 0 Å². The molecule has 0 saturated carbocycles. The smallest absolute Gasteiger partial charge is 0.280 e. The first-order valence-corrected chi connectivity index (χ1v) is 13.4. The van der Waals surface area contributed by atoms with Crippen LogP contribution < -0.4 is 4.72 Å². The number of benzene rings is 2. The van der Waals surface area contributed by atoms with E-state index in [-0.39, 0.29) is 16.8 Å². The lowest BCUT2D eigenvalue weighted by Crippen LogP contribution is -2.25. The quantitative estimate of drug-likeness (QED) is 0.380. The second kappa shape index (κ2) is 8.93. The fraction of sp³-hybridized carbons (Fsp3) is 0.0833. The zero-order valence-electron chi connectivity index (χ0n) is 17.3. The normalized spacial score (nSPS) is 15.9. The largest absolute Gasteiger partial charge is 0.284 e. The molecular weight excluding hydrogens is 474 g/mol. The average molecular weight is 494 g/mol. The molecule has 33 heavy (non-hydrogen) atoms. The number of thiophene rings is 2. The Hall–Kier alpha value is -3.27. The van der Waals surface area contributed by atoms with Crippen LogP contribution in [0.2, 0.25) is 0 Å². The summed E-state index contributed by atoms with van der Waals surface area (Å²) in [6.45, 7) is 0. The maximum absolute atomic E-state index is 13.1.